The molecule has 2 heterocycles. The smallest absolute Gasteiger partial charge is 0.341 e. The van der Waals surface area contributed by atoms with E-state index in [-0.39, 0.29) is 5.97 Å². The zero-order valence-electron chi connectivity index (χ0n) is 16.1. The number of anilines is 1. The quantitative estimate of drug-likeness (QED) is 0.573. The molecule has 0 aromatic carbocycles. The number of fused-ring (bicyclic) bond motifs is 1. The molecule has 26 heavy (non-hydrogen) atoms. The highest BCUT2D eigenvalue weighted by molar-refractivity contribution is 7.80. The highest BCUT2D eigenvalue weighted by atomic mass is 32.1. The lowest BCUT2D eigenvalue weighted by molar-refractivity contribution is 0.0601. The highest BCUT2D eigenvalue weighted by Crippen LogP contribution is 2.38. The molecule has 2 unspecified atom stereocenters. The second-order valence-electron chi connectivity index (χ2n) is 7.89. The maximum atomic E-state index is 12.5. The minimum absolute atomic E-state index is 0.242. The molecule has 4 nitrogen and oxygen atoms in total. The molecule has 1 fully saturated rings. The number of carbonyl (C=O) groups excluding carboxylic acids is 1. The van der Waals surface area contributed by atoms with Crippen LogP contribution < -0.4 is 5.32 Å². The summed E-state index contributed by atoms with van der Waals surface area (Å²) in [6.45, 7) is 6.52. The lowest BCUT2D eigenvalue weighted by atomic mass is 9.92. The van der Waals surface area contributed by atoms with Gasteiger partial charge in [-0.1, -0.05) is 26.7 Å². The first-order valence-electron chi connectivity index (χ1n) is 9.78. The third-order valence-corrected chi connectivity index (χ3v) is 7.00. The van der Waals surface area contributed by atoms with E-state index in [2.05, 4.69) is 24.1 Å². The molecule has 1 aliphatic heterocycles. The van der Waals surface area contributed by atoms with E-state index in [4.69, 9.17) is 17.0 Å². The molecule has 1 saturated heterocycles. The van der Waals surface area contributed by atoms with Crippen molar-refractivity contribution in [2.24, 2.45) is 11.8 Å². The summed E-state index contributed by atoms with van der Waals surface area (Å²) >= 11 is 7.40. The van der Waals surface area contributed by atoms with Gasteiger partial charge in [-0.25, -0.2) is 4.79 Å². The minimum Gasteiger partial charge on any atom is -0.465 e. The Bertz CT molecular complexity index is 661. The molecule has 6 heteroatoms. The molecule has 0 amide bonds. The summed E-state index contributed by atoms with van der Waals surface area (Å²) in [5.74, 6) is 1.04. The van der Waals surface area contributed by atoms with Crippen LogP contribution in [-0.2, 0) is 17.6 Å². The van der Waals surface area contributed by atoms with Crippen LogP contribution in [0, 0.1) is 11.8 Å². The van der Waals surface area contributed by atoms with Crippen molar-refractivity contribution in [3.05, 3.63) is 16.0 Å². The molecule has 2 aliphatic rings. The maximum absolute atomic E-state index is 12.5. The van der Waals surface area contributed by atoms with Crippen molar-refractivity contribution in [1.82, 2.24) is 4.90 Å². The van der Waals surface area contributed by atoms with Crippen LogP contribution in [0.4, 0.5) is 5.00 Å². The number of methoxy groups -OCH3 is 1. The van der Waals surface area contributed by atoms with E-state index < -0.39 is 0 Å². The number of carbonyl (C=O) groups is 1. The highest BCUT2D eigenvalue weighted by Gasteiger charge is 2.28. The lowest BCUT2D eigenvalue weighted by Gasteiger charge is -2.36. The predicted molar refractivity (Wildman–Crippen MR) is 112 cm³/mol. The van der Waals surface area contributed by atoms with Crippen molar-refractivity contribution in [2.75, 3.05) is 25.5 Å². The van der Waals surface area contributed by atoms with Gasteiger partial charge in [0.15, 0.2) is 5.11 Å². The van der Waals surface area contributed by atoms with Crippen LogP contribution in [-0.4, -0.2) is 36.2 Å². The number of thiophene rings is 1. The SMILES string of the molecule is COC(=O)c1c(NC(=S)N2CC(C)CC(C)C2)sc2c1CCCCCC2. The largest absolute Gasteiger partial charge is 0.465 e. The van der Waals surface area contributed by atoms with E-state index in [1.54, 1.807) is 11.3 Å². The van der Waals surface area contributed by atoms with E-state index in [0.717, 1.165) is 48.0 Å². The number of esters is 1. The maximum Gasteiger partial charge on any atom is 0.341 e. The molecule has 2 atom stereocenters. The van der Waals surface area contributed by atoms with Crippen molar-refractivity contribution in [3.8, 4) is 0 Å². The molecule has 0 radical (unpaired) electrons. The Balaban J connectivity index is 1.85. The number of hydrogen-bond donors (Lipinski definition) is 1. The van der Waals surface area contributed by atoms with Gasteiger partial charge in [0.25, 0.3) is 0 Å². The van der Waals surface area contributed by atoms with Gasteiger partial charge in [0.2, 0.25) is 0 Å². The van der Waals surface area contributed by atoms with Crippen LogP contribution in [0.3, 0.4) is 0 Å². The van der Waals surface area contributed by atoms with E-state index in [1.165, 1.54) is 43.2 Å². The Morgan fingerprint density at radius 3 is 2.46 bits per heavy atom. The van der Waals surface area contributed by atoms with Gasteiger partial charge in [0.05, 0.1) is 12.7 Å². The van der Waals surface area contributed by atoms with Crippen LogP contribution in [0.15, 0.2) is 0 Å². The summed E-state index contributed by atoms with van der Waals surface area (Å²) in [5, 5.41) is 5.02. The first-order valence-corrected chi connectivity index (χ1v) is 11.0. The average molecular weight is 395 g/mol. The minimum atomic E-state index is -0.242. The molecule has 3 rings (SSSR count). The number of nitrogens with zero attached hydrogens (tertiary/aromatic N) is 1. The molecular formula is C20H30N2O2S2. The summed E-state index contributed by atoms with van der Waals surface area (Å²) in [5.41, 5.74) is 1.90. The molecule has 1 aromatic heterocycles. The van der Waals surface area contributed by atoms with Gasteiger partial charge in [0.1, 0.15) is 5.00 Å². The summed E-state index contributed by atoms with van der Waals surface area (Å²) in [6.07, 6.45) is 8.10. The standard InChI is InChI=1S/C20H30N2O2S2/c1-13-10-14(2)12-22(11-13)20(25)21-18-17(19(23)24-3)15-8-6-4-5-7-9-16(15)26-18/h13-14H,4-12H2,1-3H3,(H,21,25). The number of thiocarbonyl (C=S) groups is 1. The van der Waals surface area contributed by atoms with Gasteiger partial charge in [-0.15, -0.1) is 11.3 Å². The fourth-order valence-electron chi connectivity index (χ4n) is 4.33. The Hall–Kier alpha value is -1.14. The van der Waals surface area contributed by atoms with Crippen LogP contribution in [0.5, 0.6) is 0 Å². The molecule has 144 valence electrons. The van der Waals surface area contributed by atoms with Crippen LogP contribution >= 0.6 is 23.6 Å². The monoisotopic (exact) mass is 394 g/mol. The average Bonchev–Trinajstić information content (AvgIpc) is 2.89. The second kappa shape index (κ2) is 8.70. The van der Waals surface area contributed by atoms with Crippen molar-refractivity contribution < 1.29 is 9.53 Å². The fraction of sp³-hybridized carbons (Fsp3) is 0.700. The van der Waals surface area contributed by atoms with Crippen LogP contribution in [0.25, 0.3) is 0 Å². The molecule has 1 aromatic rings. The Labute approximate surface area is 166 Å². The van der Waals surface area contributed by atoms with Crippen molar-refractivity contribution in [2.45, 2.75) is 58.8 Å². The van der Waals surface area contributed by atoms with Gasteiger partial charge in [-0.2, -0.15) is 0 Å². The molecular weight excluding hydrogens is 364 g/mol. The van der Waals surface area contributed by atoms with Gasteiger partial charge in [-0.3, -0.25) is 0 Å². The third kappa shape index (κ3) is 4.39. The number of hydrogen-bond acceptors (Lipinski definition) is 4. The van der Waals surface area contributed by atoms with E-state index in [0.29, 0.717) is 11.8 Å². The van der Waals surface area contributed by atoms with Gasteiger partial charge in [-0.05, 0) is 61.7 Å². The van der Waals surface area contributed by atoms with Gasteiger partial charge < -0.3 is 15.0 Å². The molecule has 0 saturated carbocycles. The first kappa shape index (κ1) is 19.6. The molecule has 1 N–H and O–H groups in total. The number of aryl methyl sites for hydroxylation is 1. The fourth-order valence-corrected chi connectivity index (χ4v) is 5.92. The number of rotatable bonds is 2. The number of nitrogens with one attached hydrogen (secondary N) is 1. The van der Waals surface area contributed by atoms with Gasteiger partial charge in [0, 0.05) is 18.0 Å². The van der Waals surface area contributed by atoms with Gasteiger partial charge >= 0.3 is 5.97 Å². The van der Waals surface area contributed by atoms with Crippen molar-refractivity contribution in [1.29, 1.82) is 0 Å². The molecule has 0 bridgehead atoms. The Morgan fingerprint density at radius 2 is 1.81 bits per heavy atom. The topological polar surface area (TPSA) is 41.6 Å². The molecule has 1 aliphatic carbocycles. The van der Waals surface area contributed by atoms with E-state index in [9.17, 15) is 4.79 Å². The predicted octanol–water partition coefficient (Wildman–Crippen LogP) is 4.87. The zero-order chi connectivity index (χ0) is 18.7. The van der Waals surface area contributed by atoms with E-state index in [1.807, 2.05) is 0 Å². The normalized spacial score (nSPS) is 23.6. The summed E-state index contributed by atoms with van der Waals surface area (Å²) < 4.78 is 5.11. The van der Waals surface area contributed by atoms with Crippen LogP contribution in [0.2, 0.25) is 0 Å². The lowest BCUT2D eigenvalue weighted by Crippen LogP contribution is -2.44. The first-order chi connectivity index (χ1) is 12.5. The molecule has 0 spiro atoms. The number of piperidine rings is 1. The van der Waals surface area contributed by atoms with Crippen molar-refractivity contribution in [3.63, 3.8) is 0 Å². The number of ether oxygens (including phenoxy) is 1. The Kier molecular flexibility index (Phi) is 6.56. The van der Waals surface area contributed by atoms with Crippen molar-refractivity contribution >= 4 is 39.6 Å². The van der Waals surface area contributed by atoms with E-state index >= 15 is 0 Å². The Morgan fingerprint density at radius 1 is 1.15 bits per heavy atom. The number of likely N-dealkylation sites (tertiary alicyclic amines) is 1. The zero-order valence-corrected chi connectivity index (χ0v) is 17.7. The summed E-state index contributed by atoms with van der Waals surface area (Å²) in [4.78, 5) is 16.1. The third-order valence-electron chi connectivity index (χ3n) is 5.44. The second-order valence-corrected chi connectivity index (χ2v) is 9.39. The summed E-state index contributed by atoms with van der Waals surface area (Å²) in [6, 6.07) is 0. The van der Waals surface area contributed by atoms with Crippen LogP contribution in [0.1, 0.15) is 66.8 Å². The summed E-state index contributed by atoms with van der Waals surface area (Å²) in [7, 11) is 1.46.